The number of benzene rings is 1. The van der Waals surface area contributed by atoms with Gasteiger partial charge in [-0.15, -0.1) is 0 Å². The largest absolute Gasteiger partial charge is 0.504 e. The number of carbonyl (C=O) groups is 2. The van der Waals surface area contributed by atoms with Crippen molar-refractivity contribution in [3.05, 3.63) is 59.9 Å². The topological polar surface area (TPSA) is 76.5 Å². The molecule has 0 saturated carbocycles. The number of allylic oxidation sites excluding steroid dienone is 1. The lowest BCUT2D eigenvalue weighted by Crippen LogP contribution is -2.13. The molecule has 0 fully saturated rings. The highest BCUT2D eigenvalue weighted by atomic mass is 16.5. The molecule has 0 spiro atoms. The van der Waals surface area contributed by atoms with Gasteiger partial charge in [0, 0.05) is 30.3 Å². The fourth-order valence-electron chi connectivity index (χ4n) is 2.16. The van der Waals surface area contributed by atoms with Crippen molar-refractivity contribution < 1.29 is 19.4 Å². The van der Waals surface area contributed by atoms with Crippen LogP contribution in [0.5, 0.6) is 11.5 Å². The van der Waals surface area contributed by atoms with Crippen LogP contribution in [-0.4, -0.2) is 28.8 Å². The molecule has 1 aromatic carbocycles. The number of hydrogen-bond donors (Lipinski definition) is 1. The molecule has 0 aliphatic carbocycles. The first-order valence-corrected chi connectivity index (χ1v) is 7.53. The van der Waals surface area contributed by atoms with Crippen LogP contribution in [0.2, 0.25) is 0 Å². The zero-order chi connectivity index (χ0) is 17.5. The van der Waals surface area contributed by atoms with Gasteiger partial charge in [-0.25, -0.2) is 0 Å². The van der Waals surface area contributed by atoms with Crippen molar-refractivity contribution >= 4 is 17.6 Å². The minimum atomic E-state index is -0.440. The van der Waals surface area contributed by atoms with Gasteiger partial charge in [-0.05, 0) is 42.0 Å². The molecule has 0 amide bonds. The average Bonchev–Trinajstić information content (AvgIpc) is 2.60. The van der Waals surface area contributed by atoms with E-state index in [0.29, 0.717) is 5.56 Å². The number of phenolic OH excluding ortho intramolecular Hbond substituents is 1. The molecule has 0 saturated heterocycles. The summed E-state index contributed by atoms with van der Waals surface area (Å²) in [5.74, 6) is -0.541. The maximum absolute atomic E-state index is 12.3. The number of phenols is 1. The number of hydrogen-bond acceptors (Lipinski definition) is 5. The van der Waals surface area contributed by atoms with Gasteiger partial charge in [0.2, 0.25) is 0 Å². The number of aromatic hydroxyl groups is 1. The lowest BCUT2D eigenvalue weighted by Gasteiger charge is -2.09. The average molecular weight is 325 g/mol. The van der Waals surface area contributed by atoms with Crippen LogP contribution in [0, 0.1) is 5.92 Å². The van der Waals surface area contributed by atoms with Crippen LogP contribution in [0.4, 0.5) is 0 Å². The van der Waals surface area contributed by atoms with Gasteiger partial charge in [0.05, 0.1) is 7.11 Å². The fraction of sp³-hybridized carbons (Fsp3) is 0.211. The number of ether oxygens (including phenoxy) is 1. The normalized spacial score (nSPS) is 12.1. The molecule has 1 N–H and O–H groups in total. The number of ketones is 2. The highest BCUT2D eigenvalue weighted by molar-refractivity contribution is 6.02. The van der Waals surface area contributed by atoms with Crippen LogP contribution >= 0.6 is 0 Å². The summed E-state index contributed by atoms with van der Waals surface area (Å²) in [6.45, 7) is 1.71. The van der Waals surface area contributed by atoms with Crippen LogP contribution in [-0.2, 0) is 4.79 Å². The molecule has 1 unspecified atom stereocenters. The summed E-state index contributed by atoms with van der Waals surface area (Å²) in [6.07, 6.45) is 6.55. The third-order valence-electron chi connectivity index (χ3n) is 3.60. The smallest absolute Gasteiger partial charge is 0.163 e. The number of nitrogens with zero attached hydrogens (tertiary/aromatic N) is 1. The molecule has 0 bridgehead atoms. The van der Waals surface area contributed by atoms with E-state index in [1.165, 1.54) is 31.4 Å². The van der Waals surface area contributed by atoms with Gasteiger partial charge in [-0.1, -0.05) is 13.0 Å². The quantitative estimate of drug-likeness (QED) is 0.624. The number of methoxy groups -OCH3 is 1. The van der Waals surface area contributed by atoms with E-state index >= 15 is 0 Å². The van der Waals surface area contributed by atoms with Crippen molar-refractivity contribution in [3.8, 4) is 11.5 Å². The fourth-order valence-corrected chi connectivity index (χ4v) is 2.16. The first-order chi connectivity index (χ1) is 11.5. The molecule has 0 aliphatic heterocycles. The van der Waals surface area contributed by atoms with Gasteiger partial charge >= 0.3 is 0 Å². The Morgan fingerprint density at radius 3 is 2.79 bits per heavy atom. The zero-order valence-corrected chi connectivity index (χ0v) is 13.6. The van der Waals surface area contributed by atoms with E-state index in [2.05, 4.69) is 4.98 Å². The van der Waals surface area contributed by atoms with E-state index in [0.717, 1.165) is 5.56 Å². The number of carbonyl (C=O) groups excluding carboxylic acids is 2. The van der Waals surface area contributed by atoms with Crippen LogP contribution in [0.15, 0.2) is 48.8 Å². The van der Waals surface area contributed by atoms with E-state index in [1.54, 1.807) is 31.5 Å². The van der Waals surface area contributed by atoms with Crippen molar-refractivity contribution in [1.82, 2.24) is 4.98 Å². The maximum atomic E-state index is 12.3. The Labute approximate surface area is 140 Å². The lowest BCUT2D eigenvalue weighted by molar-refractivity contribution is -0.117. The first-order valence-electron chi connectivity index (χ1n) is 7.53. The van der Waals surface area contributed by atoms with Gasteiger partial charge in [-0.3, -0.25) is 14.6 Å². The summed E-state index contributed by atoms with van der Waals surface area (Å²) in [4.78, 5) is 28.4. The highest BCUT2D eigenvalue weighted by Gasteiger charge is 2.17. The molecule has 0 radical (unpaired) electrons. The van der Waals surface area contributed by atoms with E-state index in [1.807, 2.05) is 6.07 Å². The van der Waals surface area contributed by atoms with Crippen LogP contribution < -0.4 is 4.74 Å². The minimum Gasteiger partial charge on any atom is -0.504 e. The van der Waals surface area contributed by atoms with E-state index in [-0.39, 0.29) is 29.5 Å². The third-order valence-corrected chi connectivity index (χ3v) is 3.60. The number of aromatic nitrogens is 1. The van der Waals surface area contributed by atoms with Crippen molar-refractivity contribution in [3.63, 3.8) is 0 Å². The molecule has 1 aromatic heterocycles. The molecule has 1 atom stereocenters. The molecule has 0 aliphatic rings. The number of Topliss-reactive ketones (excluding diaryl/α,β-unsaturated/α-hetero) is 1. The summed E-state index contributed by atoms with van der Waals surface area (Å²) in [7, 11) is 1.42. The highest BCUT2D eigenvalue weighted by Crippen LogP contribution is 2.27. The van der Waals surface area contributed by atoms with Gasteiger partial charge in [-0.2, -0.15) is 0 Å². The molecule has 5 heteroatoms. The summed E-state index contributed by atoms with van der Waals surface area (Å²) in [5.41, 5.74) is 1.23. The Kier molecular flexibility index (Phi) is 5.84. The molecule has 2 rings (SSSR count). The second kappa shape index (κ2) is 8.06. The van der Waals surface area contributed by atoms with E-state index < -0.39 is 5.92 Å². The first kappa shape index (κ1) is 17.4. The van der Waals surface area contributed by atoms with E-state index in [4.69, 9.17) is 4.74 Å². The molecule has 124 valence electrons. The second-order valence-electron chi connectivity index (χ2n) is 5.44. The minimum absolute atomic E-state index is 0.0300. The SMILES string of the molecule is COc1cc(C(=O)CC(C)C(=O)/C=C/c2cccnc2)ccc1O. The summed E-state index contributed by atoms with van der Waals surface area (Å²) >= 11 is 0. The van der Waals surface area contributed by atoms with Crippen LogP contribution in [0.25, 0.3) is 6.08 Å². The molecule has 2 aromatic rings. The van der Waals surface area contributed by atoms with Gasteiger partial charge in [0.15, 0.2) is 23.1 Å². The van der Waals surface area contributed by atoms with E-state index in [9.17, 15) is 14.7 Å². The van der Waals surface area contributed by atoms with Gasteiger partial charge < -0.3 is 9.84 Å². The van der Waals surface area contributed by atoms with Gasteiger partial charge in [0.25, 0.3) is 0 Å². The Morgan fingerprint density at radius 1 is 1.33 bits per heavy atom. The standard InChI is InChI=1S/C19H19NO4/c1-13(16(21)7-5-14-4-3-9-20-12-14)10-18(23)15-6-8-17(22)19(11-15)24-2/h3-9,11-13,22H,10H2,1-2H3/b7-5+. The summed E-state index contributed by atoms with van der Waals surface area (Å²) < 4.78 is 4.99. The molecule has 24 heavy (non-hydrogen) atoms. The molecule has 1 heterocycles. The third kappa shape index (κ3) is 4.52. The molecule has 5 nitrogen and oxygen atoms in total. The number of pyridine rings is 1. The Hall–Kier alpha value is -2.95. The van der Waals surface area contributed by atoms with Crippen LogP contribution in [0.3, 0.4) is 0 Å². The van der Waals surface area contributed by atoms with Crippen molar-refractivity contribution in [2.75, 3.05) is 7.11 Å². The number of rotatable bonds is 7. The summed E-state index contributed by atoms with van der Waals surface area (Å²) in [5, 5.41) is 9.56. The zero-order valence-electron chi connectivity index (χ0n) is 13.6. The second-order valence-corrected chi connectivity index (χ2v) is 5.44. The van der Waals surface area contributed by atoms with Crippen molar-refractivity contribution in [2.24, 2.45) is 5.92 Å². The predicted molar refractivity (Wildman–Crippen MR) is 91.0 cm³/mol. The van der Waals surface area contributed by atoms with Crippen molar-refractivity contribution in [1.29, 1.82) is 0 Å². The molecular weight excluding hydrogens is 306 g/mol. The van der Waals surface area contributed by atoms with Crippen LogP contribution in [0.1, 0.15) is 29.3 Å². The Balaban J connectivity index is 2.00. The molecular formula is C19H19NO4. The Bertz CT molecular complexity index is 753. The van der Waals surface area contributed by atoms with Crippen molar-refractivity contribution in [2.45, 2.75) is 13.3 Å². The van der Waals surface area contributed by atoms with Gasteiger partial charge in [0.1, 0.15) is 0 Å². The monoisotopic (exact) mass is 325 g/mol. The maximum Gasteiger partial charge on any atom is 0.163 e. The lowest BCUT2D eigenvalue weighted by atomic mass is 9.95. The summed E-state index contributed by atoms with van der Waals surface area (Å²) in [6, 6.07) is 8.02. The Morgan fingerprint density at radius 2 is 2.12 bits per heavy atom. The predicted octanol–water partition coefficient (Wildman–Crippen LogP) is 3.29.